The predicted octanol–water partition coefficient (Wildman–Crippen LogP) is 5.73. The van der Waals surface area contributed by atoms with E-state index in [9.17, 15) is 10.1 Å². The van der Waals surface area contributed by atoms with Crippen LogP contribution >= 0.6 is 0 Å². The number of nitrogens with zero attached hydrogens (tertiary/aromatic N) is 2. The monoisotopic (exact) mass is 422 g/mol. The lowest BCUT2D eigenvalue weighted by molar-refractivity contribution is -0.385. The molecule has 0 amide bonds. The van der Waals surface area contributed by atoms with Gasteiger partial charge in [0.2, 0.25) is 5.75 Å². The highest BCUT2D eigenvalue weighted by Gasteiger charge is 2.32. The fraction of sp³-hybridized carbons (Fsp3) is 0.417. The highest BCUT2D eigenvalue weighted by molar-refractivity contribution is 5.95. The molecule has 31 heavy (non-hydrogen) atoms. The average molecular weight is 422 g/mol. The third-order valence-electron chi connectivity index (χ3n) is 6.53. The maximum atomic E-state index is 11.7. The summed E-state index contributed by atoms with van der Waals surface area (Å²) in [6, 6.07) is 11.6. The van der Waals surface area contributed by atoms with E-state index in [0.717, 1.165) is 35.2 Å². The third-order valence-corrected chi connectivity index (χ3v) is 6.53. The molecule has 2 heterocycles. The lowest BCUT2D eigenvalue weighted by Gasteiger charge is -2.23. The summed E-state index contributed by atoms with van der Waals surface area (Å²) in [5.74, 6) is 0.827. The maximum absolute atomic E-state index is 11.7. The Bertz CT molecular complexity index is 1130. The molecule has 0 atom stereocenters. The van der Waals surface area contributed by atoms with Crippen LogP contribution in [0.2, 0.25) is 0 Å². The lowest BCUT2D eigenvalue weighted by Crippen LogP contribution is -2.07. The Morgan fingerprint density at radius 3 is 2.81 bits per heavy atom. The smallest absolute Gasteiger partial charge is 0.311 e. The van der Waals surface area contributed by atoms with E-state index in [1.54, 1.807) is 6.07 Å². The Kier molecular flexibility index (Phi) is 5.38. The highest BCUT2D eigenvalue weighted by Crippen LogP contribution is 2.49. The summed E-state index contributed by atoms with van der Waals surface area (Å²) in [5, 5.41) is 12.9. The maximum Gasteiger partial charge on any atom is 0.311 e. The third kappa shape index (κ3) is 3.47. The van der Waals surface area contributed by atoms with Crippen molar-refractivity contribution in [3.05, 3.63) is 57.6 Å². The summed E-state index contributed by atoms with van der Waals surface area (Å²) >= 11 is 0. The molecule has 0 bridgehead atoms. The van der Waals surface area contributed by atoms with Crippen LogP contribution in [-0.2, 0) is 22.9 Å². The Hall–Kier alpha value is -2.90. The van der Waals surface area contributed by atoms with Crippen LogP contribution in [0.1, 0.15) is 49.1 Å². The number of rotatable bonds is 5. The van der Waals surface area contributed by atoms with E-state index in [-0.39, 0.29) is 10.6 Å². The van der Waals surface area contributed by atoms with Crippen LogP contribution in [0.25, 0.3) is 22.2 Å². The van der Waals surface area contributed by atoms with Gasteiger partial charge < -0.3 is 9.30 Å². The molecule has 0 spiro atoms. The molecular formula is C24H26N2O5. The second-order valence-corrected chi connectivity index (χ2v) is 8.29. The van der Waals surface area contributed by atoms with Gasteiger partial charge in [-0.25, -0.2) is 9.78 Å². The van der Waals surface area contributed by atoms with Gasteiger partial charge in [0.25, 0.3) is 0 Å². The van der Waals surface area contributed by atoms with Crippen molar-refractivity contribution in [1.82, 2.24) is 4.57 Å². The Morgan fingerprint density at radius 1 is 1.19 bits per heavy atom. The van der Waals surface area contributed by atoms with Gasteiger partial charge >= 0.3 is 5.69 Å². The number of hydrogen-bond donors (Lipinski definition) is 0. The van der Waals surface area contributed by atoms with Gasteiger partial charge in [-0.2, -0.15) is 0 Å². The molecule has 2 aromatic carbocycles. The molecule has 1 aliphatic carbocycles. The second kappa shape index (κ2) is 8.32. The SMILES string of the molecule is COOCc1ccc2c(C3CCCCC3)c3n(c2c1)CCOc1c-3cccc1[N+](=O)[O-]. The number of hydrogen-bond acceptors (Lipinski definition) is 5. The largest absolute Gasteiger partial charge is 0.484 e. The lowest BCUT2D eigenvalue weighted by atomic mass is 9.81. The van der Waals surface area contributed by atoms with Crippen molar-refractivity contribution in [3.63, 3.8) is 0 Å². The van der Waals surface area contributed by atoms with E-state index in [1.807, 2.05) is 6.07 Å². The number of aromatic nitrogens is 1. The fourth-order valence-corrected chi connectivity index (χ4v) is 5.21. The minimum Gasteiger partial charge on any atom is -0.484 e. The van der Waals surface area contributed by atoms with Crippen LogP contribution in [0.3, 0.4) is 0 Å². The Balaban J connectivity index is 1.78. The molecule has 7 nitrogen and oxygen atoms in total. The highest BCUT2D eigenvalue weighted by atomic mass is 17.2. The van der Waals surface area contributed by atoms with E-state index < -0.39 is 0 Å². The van der Waals surface area contributed by atoms with Gasteiger partial charge in [-0.05, 0) is 42.0 Å². The van der Waals surface area contributed by atoms with Gasteiger partial charge in [0.15, 0.2) is 0 Å². The number of para-hydroxylation sites is 1. The molecule has 1 fully saturated rings. The molecular weight excluding hydrogens is 396 g/mol. The number of ether oxygens (including phenoxy) is 1. The average Bonchev–Trinajstić information content (AvgIpc) is 2.98. The first-order valence-electron chi connectivity index (χ1n) is 10.9. The molecule has 0 unspecified atom stereocenters. The van der Waals surface area contributed by atoms with Crippen molar-refractivity contribution >= 4 is 16.6 Å². The van der Waals surface area contributed by atoms with Gasteiger partial charge in [0, 0.05) is 22.5 Å². The fourth-order valence-electron chi connectivity index (χ4n) is 5.21. The first-order valence-corrected chi connectivity index (χ1v) is 10.9. The van der Waals surface area contributed by atoms with Crippen molar-refractivity contribution in [3.8, 4) is 17.0 Å². The number of nitro benzene ring substituents is 1. The summed E-state index contributed by atoms with van der Waals surface area (Å²) in [5.41, 5.74) is 5.37. The molecule has 0 N–H and O–H groups in total. The number of benzene rings is 2. The molecule has 1 saturated carbocycles. The van der Waals surface area contributed by atoms with E-state index in [2.05, 4.69) is 22.8 Å². The zero-order valence-electron chi connectivity index (χ0n) is 17.6. The minimum atomic E-state index is -0.350. The van der Waals surface area contributed by atoms with Gasteiger partial charge in [-0.15, -0.1) is 0 Å². The molecule has 0 radical (unpaired) electrons. The summed E-state index contributed by atoms with van der Waals surface area (Å²) < 4.78 is 8.24. The first kappa shape index (κ1) is 20.0. The molecule has 5 rings (SSSR count). The molecule has 2 aliphatic rings. The second-order valence-electron chi connectivity index (χ2n) is 8.29. The summed E-state index contributed by atoms with van der Waals surface area (Å²) in [6.07, 6.45) is 6.00. The van der Waals surface area contributed by atoms with Crippen LogP contribution < -0.4 is 4.74 Å². The van der Waals surface area contributed by atoms with Gasteiger partial charge in [-0.1, -0.05) is 37.5 Å². The van der Waals surface area contributed by atoms with Crippen molar-refractivity contribution in [2.24, 2.45) is 0 Å². The van der Waals surface area contributed by atoms with E-state index in [1.165, 1.54) is 43.4 Å². The topological polar surface area (TPSA) is 75.8 Å². The molecule has 0 saturated heterocycles. The van der Waals surface area contributed by atoms with E-state index in [0.29, 0.717) is 31.4 Å². The summed E-state index contributed by atoms with van der Waals surface area (Å²) in [6.45, 7) is 1.39. The van der Waals surface area contributed by atoms with Gasteiger partial charge in [-0.3, -0.25) is 10.1 Å². The van der Waals surface area contributed by atoms with Gasteiger partial charge in [0.1, 0.15) is 13.2 Å². The van der Waals surface area contributed by atoms with E-state index >= 15 is 0 Å². The molecule has 1 aliphatic heterocycles. The van der Waals surface area contributed by atoms with Crippen LogP contribution in [0.15, 0.2) is 36.4 Å². The Morgan fingerprint density at radius 2 is 2.03 bits per heavy atom. The predicted molar refractivity (Wildman–Crippen MR) is 117 cm³/mol. The van der Waals surface area contributed by atoms with Crippen LogP contribution in [0, 0.1) is 10.1 Å². The quantitative estimate of drug-likeness (QED) is 0.298. The van der Waals surface area contributed by atoms with Crippen molar-refractivity contribution in [2.75, 3.05) is 13.7 Å². The normalized spacial score (nSPS) is 16.4. The minimum absolute atomic E-state index is 0.0278. The Labute approximate surface area is 180 Å². The summed E-state index contributed by atoms with van der Waals surface area (Å²) in [7, 11) is 1.50. The first-order chi connectivity index (χ1) is 15.2. The van der Waals surface area contributed by atoms with Crippen LogP contribution in [0.5, 0.6) is 5.75 Å². The zero-order chi connectivity index (χ0) is 21.4. The van der Waals surface area contributed by atoms with Gasteiger partial charge in [0.05, 0.1) is 24.3 Å². The number of nitro groups is 1. The standard InChI is InChI=1S/C24H26N2O5/c1-29-31-15-16-10-11-18-21(14-16)25-12-13-30-24-19(8-5-9-20(24)26(27)28)23(25)22(18)17-6-3-2-4-7-17/h5,8-11,14,17H,2-4,6-7,12-13,15H2,1H3. The molecule has 3 aromatic rings. The van der Waals surface area contributed by atoms with Crippen molar-refractivity contribution in [2.45, 2.75) is 51.2 Å². The molecule has 162 valence electrons. The van der Waals surface area contributed by atoms with Crippen molar-refractivity contribution < 1.29 is 19.4 Å². The van der Waals surface area contributed by atoms with Crippen molar-refractivity contribution in [1.29, 1.82) is 0 Å². The summed E-state index contributed by atoms with van der Waals surface area (Å²) in [4.78, 5) is 21.3. The zero-order valence-corrected chi connectivity index (χ0v) is 17.6. The van der Waals surface area contributed by atoms with Crippen LogP contribution in [0.4, 0.5) is 5.69 Å². The molecule has 7 heteroatoms. The van der Waals surface area contributed by atoms with E-state index in [4.69, 9.17) is 14.5 Å². The van der Waals surface area contributed by atoms with Crippen LogP contribution in [-0.4, -0.2) is 23.2 Å². The molecule has 1 aromatic heterocycles. The number of fused-ring (bicyclic) bond motifs is 5.